The smallest absolute Gasteiger partial charge is 0.254 e. The van der Waals surface area contributed by atoms with Crippen LogP contribution in [-0.2, 0) is 0 Å². The molecule has 1 aromatic rings. The van der Waals surface area contributed by atoms with Crippen LogP contribution >= 0.6 is 24.0 Å². The maximum Gasteiger partial charge on any atom is 0.254 e. The SMILES string of the molecule is CCCCN1C(=S)SC(C)(C)C1[N+]([O-])=Cc1ccccc1F. The van der Waals surface area contributed by atoms with Crippen molar-refractivity contribution in [2.24, 2.45) is 0 Å². The first-order valence-corrected chi connectivity index (χ1v) is 8.63. The summed E-state index contributed by atoms with van der Waals surface area (Å²) in [5.74, 6) is -0.394. The predicted molar refractivity (Wildman–Crippen MR) is 94.9 cm³/mol. The van der Waals surface area contributed by atoms with Gasteiger partial charge in [0.15, 0.2) is 6.21 Å². The summed E-state index contributed by atoms with van der Waals surface area (Å²) >= 11 is 6.96. The molecular formula is C16H21FN2OS2. The van der Waals surface area contributed by atoms with Crippen LogP contribution in [0.5, 0.6) is 0 Å². The normalized spacial score (nSPS) is 21.5. The van der Waals surface area contributed by atoms with Crippen molar-refractivity contribution in [2.75, 3.05) is 6.54 Å². The van der Waals surface area contributed by atoms with E-state index in [9.17, 15) is 9.60 Å². The number of halogens is 1. The Labute approximate surface area is 140 Å². The zero-order chi connectivity index (χ0) is 16.3. The molecule has 22 heavy (non-hydrogen) atoms. The maximum atomic E-state index is 13.8. The molecule has 1 saturated heterocycles. The molecule has 6 heteroatoms. The van der Waals surface area contributed by atoms with Crippen molar-refractivity contribution in [2.45, 2.75) is 44.5 Å². The van der Waals surface area contributed by atoms with E-state index in [4.69, 9.17) is 12.2 Å². The van der Waals surface area contributed by atoms with E-state index in [1.54, 1.807) is 18.2 Å². The zero-order valence-electron chi connectivity index (χ0n) is 13.1. The molecule has 0 aromatic heterocycles. The number of thiocarbonyl (C=S) groups is 1. The second-order valence-corrected chi connectivity index (χ2v) is 8.19. The van der Waals surface area contributed by atoms with Crippen molar-refractivity contribution in [1.82, 2.24) is 4.90 Å². The van der Waals surface area contributed by atoms with E-state index in [1.165, 1.54) is 24.0 Å². The molecule has 0 amide bonds. The van der Waals surface area contributed by atoms with Crippen molar-refractivity contribution in [1.29, 1.82) is 0 Å². The van der Waals surface area contributed by atoms with Crippen LogP contribution in [0.25, 0.3) is 0 Å². The number of benzene rings is 1. The van der Waals surface area contributed by atoms with Crippen LogP contribution in [-0.4, -0.2) is 37.6 Å². The average Bonchev–Trinajstić information content (AvgIpc) is 2.67. The Bertz CT molecular complexity index is 589. The zero-order valence-corrected chi connectivity index (χ0v) is 14.7. The monoisotopic (exact) mass is 340 g/mol. The van der Waals surface area contributed by atoms with E-state index in [0.29, 0.717) is 5.56 Å². The predicted octanol–water partition coefficient (Wildman–Crippen LogP) is 3.99. The van der Waals surface area contributed by atoms with Gasteiger partial charge in [-0.3, -0.25) is 4.90 Å². The molecule has 0 radical (unpaired) electrons. The summed E-state index contributed by atoms with van der Waals surface area (Å²) in [6, 6.07) is 6.29. The largest absolute Gasteiger partial charge is 0.622 e. The fourth-order valence-electron chi connectivity index (χ4n) is 2.58. The molecule has 1 aromatic carbocycles. The molecule has 1 aliphatic heterocycles. The van der Waals surface area contributed by atoms with Gasteiger partial charge < -0.3 is 5.21 Å². The number of unbranched alkanes of at least 4 members (excludes halogenated alkanes) is 1. The molecule has 1 heterocycles. The lowest BCUT2D eigenvalue weighted by Gasteiger charge is -2.29. The first-order valence-electron chi connectivity index (χ1n) is 7.41. The van der Waals surface area contributed by atoms with Gasteiger partial charge in [0.2, 0.25) is 0 Å². The number of rotatable bonds is 5. The topological polar surface area (TPSA) is 29.3 Å². The quantitative estimate of drug-likeness (QED) is 0.266. The van der Waals surface area contributed by atoms with Gasteiger partial charge in [0.25, 0.3) is 6.17 Å². The van der Waals surface area contributed by atoms with Crippen LogP contribution in [0.1, 0.15) is 39.2 Å². The Morgan fingerprint density at radius 3 is 2.77 bits per heavy atom. The average molecular weight is 340 g/mol. The fraction of sp³-hybridized carbons (Fsp3) is 0.500. The van der Waals surface area contributed by atoms with E-state index >= 15 is 0 Å². The molecule has 0 aliphatic carbocycles. The van der Waals surface area contributed by atoms with Gasteiger partial charge in [-0.05, 0) is 32.4 Å². The second kappa shape index (κ2) is 6.96. The van der Waals surface area contributed by atoms with Crippen LogP contribution in [0.2, 0.25) is 0 Å². The molecule has 0 saturated carbocycles. The summed E-state index contributed by atoms with van der Waals surface area (Å²) in [7, 11) is 0. The Balaban J connectivity index is 2.33. The molecule has 1 aliphatic rings. The summed E-state index contributed by atoms with van der Waals surface area (Å²) in [5, 5.41) is 12.7. The summed E-state index contributed by atoms with van der Waals surface area (Å²) in [6.45, 7) is 6.86. The third-order valence-electron chi connectivity index (χ3n) is 3.67. The van der Waals surface area contributed by atoms with Gasteiger partial charge in [-0.15, -0.1) is 0 Å². The van der Waals surface area contributed by atoms with Crippen molar-refractivity contribution >= 4 is 34.5 Å². The molecule has 1 unspecified atom stereocenters. The molecule has 0 N–H and O–H groups in total. The third-order valence-corrected chi connectivity index (χ3v) is 5.30. The molecule has 1 atom stereocenters. The van der Waals surface area contributed by atoms with Gasteiger partial charge in [-0.2, -0.15) is 4.74 Å². The number of thioether (sulfide) groups is 1. The first-order chi connectivity index (χ1) is 10.4. The van der Waals surface area contributed by atoms with E-state index < -0.39 is 12.0 Å². The Morgan fingerprint density at radius 1 is 1.45 bits per heavy atom. The van der Waals surface area contributed by atoms with Crippen molar-refractivity contribution in [3.05, 3.63) is 40.9 Å². The Morgan fingerprint density at radius 2 is 2.14 bits per heavy atom. The molecular weight excluding hydrogens is 319 g/mol. The van der Waals surface area contributed by atoms with E-state index in [1.807, 2.05) is 18.7 Å². The first kappa shape index (κ1) is 17.2. The van der Waals surface area contributed by atoms with Gasteiger partial charge in [-0.25, -0.2) is 4.39 Å². The Hall–Kier alpha value is -1.14. The van der Waals surface area contributed by atoms with Crippen LogP contribution in [0, 0.1) is 11.0 Å². The summed E-state index contributed by atoms with van der Waals surface area (Å²) in [6.07, 6.45) is 2.92. The van der Waals surface area contributed by atoms with Gasteiger partial charge >= 0.3 is 0 Å². The van der Waals surface area contributed by atoms with Crippen molar-refractivity contribution in [3.63, 3.8) is 0 Å². The van der Waals surface area contributed by atoms with Crippen LogP contribution < -0.4 is 0 Å². The lowest BCUT2D eigenvalue weighted by Crippen LogP contribution is -2.48. The molecule has 120 valence electrons. The number of hydrogen-bond acceptors (Lipinski definition) is 3. The van der Waals surface area contributed by atoms with E-state index in [0.717, 1.165) is 28.4 Å². The highest BCUT2D eigenvalue weighted by Gasteiger charge is 2.50. The summed E-state index contributed by atoms with van der Waals surface area (Å²) in [5.41, 5.74) is 0.298. The molecule has 0 spiro atoms. The lowest BCUT2D eigenvalue weighted by atomic mass is 10.1. The van der Waals surface area contributed by atoms with Gasteiger partial charge in [0, 0.05) is 6.54 Å². The summed E-state index contributed by atoms with van der Waals surface area (Å²) in [4.78, 5) is 1.97. The van der Waals surface area contributed by atoms with E-state index in [2.05, 4.69) is 6.92 Å². The standard InChI is InChI=1S/C16H21FN2OS2/c1-4-5-10-18-14(16(2,3)22-15(18)21)19(20)11-12-8-6-7-9-13(12)17/h6-9,11,14H,4-5,10H2,1-3H3. The Kier molecular flexibility index (Phi) is 5.45. The number of hydroxylamine groups is 1. The molecule has 1 fully saturated rings. The maximum absolute atomic E-state index is 13.8. The van der Waals surface area contributed by atoms with Crippen LogP contribution in [0.15, 0.2) is 24.3 Å². The van der Waals surface area contributed by atoms with Gasteiger partial charge in [-0.1, -0.05) is 49.5 Å². The van der Waals surface area contributed by atoms with Gasteiger partial charge in [0.05, 0.1) is 5.56 Å². The van der Waals surface area contributed by atoms with Crippen molar-refractivity contribution < 1.29 is 9.13 Å². The minimum absolute atomic E-state index is 0.298. The second-order valence-electron chi connectivity index (χ2n) is 5.90. The lowest BCUT2D eigenvalue weighted by molar-refractivity contribution is -0.523. The summed E-state index contributed by atoms with van der Waals surface area (Å²) < 4.78 is 15.0. The van der Waals surface area contributed by atoms with Crippen LogP contribution in [0.4, 0.5) is 4.39 Å². The number of nitrogens with zero attached hydrogens (tertiary/aromatic N) is 2. The molecule has 0 bridgehead atoms. The fourth-order valence-corrected chi connectivity index (χ4v) is 4.52. The highest BCUT2D eigenvalue weighted by molar-refractivity contribution is 8.24. The van der Waals surface area contributed by atoms with Crippen LogP contribution in [0.3, 0.4) is 0 Å². The highest BCUT2D eigenvalue weighted by atomic mass is 32.2. The minimum Gasteiger partial charge on any atom is -0.622 e. The number of hydrogen-bond donors (Lipinski definition) is 0. The minimum atomic E-state index is -0.420. The highest BCUT2D eigenvalue weighted by Crippen LogP contribution is 2.41. The molecule has 2 rings (SSSR count). The van der Waals surface area contributed by atoms with Crippen molar-refractivity contribution in [3.8, 4) is 0 Å². The van der Waals surface area contributed by atoms with E-state index in [-0.39, 0.29) is 4.75 Å². The molecule has 3 nitrogen and oxygen atoms in total. The third kappa shape index (κ3) is 3.60. The van der Waals surface area contributed by atoms with Gasteiger partial charge in [0.1, 0.15) is 14.9 Å².